The second-order valence-electron chi connectivity index (χ2n) is 15.9. The lowest BCUT2D eigenvalue weighted by atomic mass is 9.97. The first kappa shape index (κ1) is 51.0. The molecular weight excluding hydrogens is 928 g/mol. The minimum absolute atomic E-state index is 0.0517. The van der Waals surface area contributed by atoms with Gasteiger partial charge in [-0.3, -0.25) is 4.79 Å². The molecule has 3 fully saturated rings. The Labute approximate surface area is 388 Å². The van der Waals surface area contributed by atoms with Gasteiger partial charge in [0.1, 0.15) is 96.2 Å². The van der Waals surface area contributed by atoms with Crippen molar-refractivity contribution in [2.45, 2.75) is 92.1 Å². The number of esters is 1. The van der Waals surface area contributed by atoms with Gasteiger partial charge < -0.3 is 113 Å². The van der Waals surface area contributed by atoms with Gasteiger partial charge in [0.25, 0.3) is 0 Å². The first-order valence-corrected chi connectivity index (χ1v) is 20.9. The molecule has 3 aromatic carbocycles. The van der Waals surface area contributed by atoms with Crippen LogP contribution in [-0.2, 0) is 28.5 Å². The van der Waals surface area contributed by atoms with Gasteiger partial charge in [0, 0.05) is 23.8 Å². The zero-order chi connectivity index (χ0) is 50.0. The van der Waals surface area contributed by atoms with Crippen molar-refractivity contribution in [3.05, 3.63) is 70.4 Å². The fourth-order valence-electron chi connectivity index (χ4n) is 7.65. The number of hydrogen-bond donors (Lipinski definition) is 13. The smallest absolute Gasteiger partial charge is 0.330 e. The molecule has 13 N–H and O–H groups in total. The highest BCUT2D eigenvalue weighted by Gasteiger charge is 2.52. The number of benzene rings is 3. The lowest BCUT2D eigenvalue weighted by Crippen LogP contribution is -2.65. The van der Waals surface area contributed by atoms with Crippen LogP contribution in [0.2, 0.25) is 0 Å². The zero-order valence-corrected chi connectivity index (χ0v) is 36.3. The maximum Gasteiger partial charge on any atom is 0.330 e. The van der Waals surface area contributed by atoms with E-state index in [1.54, 1.807) is 0 Å². The number of phenolic OH excluding ortho intramolecular Hbond substituents is 3. The molecule has 3 saturated heterocycles. The van der Waals surface area contributed by atoms with E-state index in [1.165, 1.54) is 50.6 Å². The van der Waals surface area contributed by atoms with Crippen LogP contribution in [0.25, 0.3) is 28.4 Å². The molecule has 0 unspecified atom stereocenters. The van der Waals surface area contributed by atoms with Gasteiger partial charge in [0.15, 0.2) is 41.2 Å². The summed E-state index contributed by atoms with van der Waals surface area (Å²) in [6.45, 7) is -2.48. The van der Waals surface area contributed by atoms with Gasteiger partial charge >= 0.3 is 5.97 Å². The third kappa shape index (κ3) is 10.5. The SMILES string of the molecule is COc1cc(/C=C/C(=O)OC[C@@H]2O[C@H](O[C@@H]3[C@@H](Oc4c(-c5ccc(O)c(OC)c5)oc5cc(O[C@@H]6O[C@H](CO)[C@@H](O)[C@H](O)[C@H]6O)cc(O)c5c4=O)O[C@@H](CO)[C@@H](O)[C@H]3O)[C@@H](O)[C@H](O)[C@H]2O)ccc1O. The van der Waals surface area contributed by atoms with E-state index in [9.17, 15) is 76.0 Å². The summed E-state index contributed by atoms with van der Waals surface area (Å²) in [6.07, 6.45) is -25.8. The molecule has 0 amide bonds. The summed E-state index contributed by atoms with van der Waals surface area (Å²) >= 11 is 0. The highest BCUT2D eigenvalue weighted by atomic mass is 16.8. The van der Waals surface area contributed by atoms with E-state index in [0.717, 1.165) is 24.3 Å². The highest BCUT2D eigenvalue weighted by molar-refractivity contribution is 5.89. The van der Waals surface area contributed by atoms with Crippen LogP contribution in [0.3, 0.4) is 0 Å². The summed E-state index contributed by atoms with van der Waals surface area (Å²) in [4.78, 5) is 27.2. The van der Waals surface area contributed by atoms with E-state index < -0.39 is 152 Å². The average Bonchev–Trinajstić information content (AvgIpc) is 3.33. The number of aliphatic hydroxyl groups is 10. The lowest BCUT2D eigenvalue weighted by molar-refractivity contribution is -0.358. The number of carbonyl (C=O) groups is 1. The number of phenols is 3. The minimum atomic E-state index is -2.11. The summed E-state index contributed by atoms with van der Waals surface area (Å²) in [6, 6.07) is 9.79. The molecule has 0 saturated carbocycles. The summed E-state index contributed by atoms with van der Waals surface area (Å²) in [5.74, 6) is -3.95. The van der Waals surface area contributed by atoms with Crippen LogP contribution in [0.1, 0.15) is 5.56 Å². The second kappa shape index (κ2) is 21.4. The van der Waals surface area contributed by atoms with Crippen molar-refractivity contribution in [1.29, 1.82) is 0 Å². The number of fused-ring (bicyclic) bond motifs is 1. The summed E-state index contributed by atoms with van der Waals surface area (Å²) in [5.41, 5.74) is -1.21. The number of rotatable bonds is 15. The van der Waals surface area contributed by atoms with Crippen LogP contribution >= 0.6 is 0 Å². The van der Waals surface area contributed by atoms with Gasteiger partial charge in [-0.25, -0.2) is 4.79 Å². The lowest BCUT2D eigenvalue weighted by Gasteiger charge is -2.45. The van der Waals surface area contributed by atoms with Crippen molar-refractivity contribution >= 4 is 23.0 Å². The quantitative estimate of drug-likeness (QED) is 0.0418. The Hall–Kier alpha value is -5.88. The Morgan fingerprint density at radius 3 is 1.87 bits per heavy atom. The van der Waals surface area contributed by atoms with E-state index in [4.69, 9.17) is 47.0 Å². The maximum absolute atomic E-state index is 14.6. The molecule has 4 aromatic rings. The fraction of sp³-hybridized carbons (Fsp3) is 0.455. The Morgan fingerprint density at radius 1 is 0.638 bits per heavy atom. The van der Waals surface area contributed by atoms with E-state index in [0.29, 0.717) is 5.56 Å². The normalized spacial score (nSPS) is 31.6. The third-order valence-corrected chi connectivity index (χ3v) is 11.5. The Bertz CT molecular complexity index is 2530. The molecule has 69 heavy (non-hydrogen) atoms. The van der Waals surface area contributed by atoms with Gasteiger partial charge in [0.05, 0.1) is 27.4 Å². The summed E-state index contributed by atoms with van der Waals surface area (Å²) in [7, 11) is 2.55. The van der Waals surface area contributed by atoms with Crippen LogP contribution < -0.4 is 24.4 Å². The summed E-state index contributed by atoms with van der Waals surface area (Å²) in [5, 5.41) is 137. The first-order chi connectivity index (χ1) is 32.9. The van der Waals surface area contributed by atoms with Crippen LogP contribution in [0, 0.1) is 0 Å². The van der Waals surface area contributed by atoms with Crippen LogP contribution in [0.15, 0.2) is 63.8 Å². The molecule has 3 aliphatic heterocycles. The molecule has 25 heteroatoms. The van der Waals surface area contributed by atoms with Crippen LogP contribution in [0.4, 0.5) is 0 Å². The Balaban J connectivity index is 1.20. The van der Waals surface area contributed by atoms with Gasteiger partial charge in [-0.1, -0.05) is 6.07 Å². The number of carbonyl (C=O) groups excluding carboxylic acids is 1. The molecule has 25 nitrogen and oxygen atoms in total. The molecule has 0 aliphatic carbocycles. The Morgan fingerprint density at radius 2 is 1.22 bits per heavy atom. The fourth-order valence-corrected chi connectivity index (χ4v) is 7.65. The van der Waals surface area contributed by atoms with Crippen molar-refractivity contribution < 1.29 is 118 Å². The molecule has 15 atom stereocenters. The molecule has 1 aromatic heterocycles. The molecule has 0 radical (unpaired) electrons. The van der Waals surface area contributed by atoms with Crippen molar-refractivity contribution in [3.63, 3.8) is 0 Å². The van der Waals surface area contributed by atoms with E-state index >= 15 is 0 Å². The zero-order valence-electron chi connectivity index (χ0n) is 36.3. The second-order valence-corrected chi connectivity index (χ2v) is 15.9. The molecule has 7 rings (SSSR count). The number of methoxy groups -OCH3 is 2. The molecule has 0 spiro atoms. The van der Waals surface area contributed by atoms with Crippen LogP contribution in [-0.4, -0.2) is 199 Å². The predicted molar refractivity (Wildman–Crippen MR) is 227 cm³/mol. The van der Waals surface area contributed by atoms with Crippen molar-refractivity contribution in [1.82, 2.24) is 0 Å². The van der Waals surface area contributed by atoms with E-state index in [-0.39, 0.29) is 34.3 Å². The molecular formula is C44H50O25. The van der Waals surface area contributed by atoms with Gasteiger partial charge in [0.2, 0.25) is 23.8 Å². The topological polar surface area (TPSA) is 393 Å². The highest BCUT2D eigenvalue weighted by Crippen LogP contribution is 2.41. The molecule has 0 bridgehead atoms. The minimum Gasteiger partial charge on any atom is -0.507 e. The largest absolute Gasteiger partial charge is 0.507 e. The number of hydrogen-bond acceptors (Lipinski definition) is 25. The van der Waals surface area contributed by atoms with Gasteiger partial charge in [-0.05, 0) is 42.0 Å². The average molecular weight is 979 g/mol. The standard InChI is InChI=1S/C44H50O25/c1-60-22-9-16(3-6-19(22)47)4-8-28(50)62-15-27-32(53)35(56)38(59)43(67-27)69-41-36(57)31(52)26(14-46)66-44(41)68-40-33(54)29-21(49)11-18(63-42-37(58)34(55)30(51)25(13-45)65-42)12-24(29)64-39(40)17-5-7-20(48)23(10-17)61-2/h3-12,25-27,30-32,34-38,41-49,51-53,55-59H,13-15H2,1-2H3/b8-4+/t25-,26+,27+,30-,31-,32+,34+,35-,36-,37-,38+,41+,42-,43-,44-/m1/s1. The Kier molecular flexibility index (Phi) is 15.8. The van der Waals surface area contributed by atoms with Crippen molar-refractivity contribution in [3.8, 4) is 51.6 Å². The van der Waals surface area contributed by atoms with Crippen molar-refractivity contribution in [2.24, 2.45) is 0 Å². The molecule has 376 valence electrons. The van der Waals surface area contributed by atoms with Crippen molar-refractivity contribution in [2.75, 3.05) is 34.0 Å². The maximum atomic E-state index is 14.6. The molecule has 3 aliphatic rings. The van der Waals surface area contributed by atoms with E-state index in [1.807, 2.05) is 0 Å². The number of ether oxygens (including phenoxy) is 9. The van der Waals surface area contributed by atoms with Crippen LogP contribution in [0.5, 0.6) is 40.2 Å². The van der Waals surface area contributed by atoms with Gasteiger partial charge in [-0.15, -0.1) is 0 Å². The summed E-state index contributed by atoms with van der Waals surface area (Å²) < 4.78 is 56.0. The number of aromatic hydroxyl groups is 3. The first-order valence-electron chi connectivity index (χ1n) is 20.9. The third-order valence-electron chi connectivity index (χ3n) is 11.5. The monoisotopic (exact) mass is 978 g/mol. The van der Waals surface area contributed by atoms with Gasteiger partial charge in [-0.2, -0.15) is 0 Å². The van der Waals surface area contributed by atoms with E-state index in [2.05, 4.69) is 0 Å². The predicted octanol–water partition coefficient (Wildman–Crippen LogP) is -2.96. The number of aliphatic hydroxyl groups excluding tert-OH is 10. The molecule has 4 heterocycles.